The molecule has 3 N–H and O–H groups in total. The number of para-hydroxylation sites is 1. The fourth-order valence-corrected chi connectivity index (χ4v) is 2.55. The zero-order chi connectivity index (χ0) is 16.0. The van der Waals surface area contributed by atoms with Crippen LogP contribution in [0.5, 0.6) is 0 Å². The smallest absolute Gasteiger partial charge is 0.193 e. The summed E-state index contributed by atoms with van der Waals surface area (Å²) in [6.07, 6.45) is 1.89. The van der Waals surface area contributed by atoms with Crippen LogP contribution in [-0.2, 0) is 16.3 Å². The van der Waals surface area contributed by atoms with Gasteiger partial charge >= 0.3 is 0 Å². The maximum atomic E-state index is 11.4. The summed E-state index contributed by atoms with van der Waals surface area (Å²) in [5, 5.41) is 3.01. The molecule has 0 saturated heterocycles. The quantitative estimate of drug-likeness (QED) is 0.653. The number of nitrogens with one attached hydrogen (secondary N) is 1. The van der Waals surface area contributed by atoms with E-state index < -0.39 is 9.84 Å². The van der Waals surface area contributed by atoms with Crippen molar-refractivity contribution >= 4 is 21.5 Å². The van der Waals surface area contributed by atoms with Crippen LogP contribution in [0.25, 0.3) is 0 Å². The van der Waals surface area contributed by atoms with Crippen molar-refractivity contribution in [3.8, 4) is 0 Å². The van der Waals surface area contributed by atoms with Gasteiger partial charge in [-0.05, 0) is 36.2 Å². The minimum absolute atomic E-state index is 0.324. The Morgan fingerprint density at radius 3 is 2.32 bits per heavy atom. The van der Waals surface area contributed by atoms with Crippen LogP contribution in [0.3, 0.4) is 0 Å². The summed E-state index contributed by atoms with van der Waals surface area (Å²) in [4.78, 5) is 4.58. The second kappa shape index (κ2) is 7.09. The van der Waals surface area contributed by atoms with Crippen molar-refractivity contribution in [2.24, 2.45) is 10.7 Å². The van der Waals surface area contributed by atoms with Gasteiger partial charge in [0.2, 0.25) is 0 Å². The van der Waals surface area contributed by atoms with E-state index in [0.717, 1.165) is 11.3 Å². The van der Waals surface area contributed by atoms with Crippen LogP contribution in [0.2, 0.25) is 0 Å². The Kier molecular flexibility index (Phi) is 5.16. The lowest BCUT2D eigenvalue weighted by Gasteiger charge is -2.05. The minimum atomic E-state index is -3.15. The molecule has 0 saturated carbocycles. The highest BCUT2D eigenvalue weighted by Crippen LogP contribution is 2.11. The molecule has 0 fully saturated rings. The molecule has 0 aliphatic carbocycles. The third-order valence-corrected chi connectivity index (χ3v) is 4.21. The maximum Gasteiger partial charge on any atom is 0.193 e. The Labute approximate surface area is 130 Å². The molecule has 0 aliphatic rings. The van der Waals surface area contributed by atoms with Crippen LogP contribution in [0.15, 0.2) is 64.5 Å². The molecule has 0 atom stereocenters. The first-order valence-corrected chi connectivity index (χ1v) is 8.75. The Bertz CT molecular complexity index is 739. The number of nitrogens with two attached hydrogens (primary N) is 1. The van der Waals surface area contributed by atoms with Crippen LogP contribution < -0.4 is 11.1 Å². The van der Waals surface area contributed by atoms with Crippen molar-refractivity contribution in [1.82, 2.24) is 0 Å². The van der Waals surface area contributed by atoms with Crippen molar-refractivity contribution in [2.45, 2.75) is 11.3 Å². The van der Waals surface area contributed by atoms with E-state index in [-0.39, 0.29) is 0 Å². The molecule has 116 valence electrons. The van der Waals surface area contributed by atoms with Gasteiger partial charge in [0, 0.05) is 18.5 Å². The fraction of sp³-hybridized carbons (Fsp3) is 0.188. The number of nitrogens with zero attached hydrogens (tertiary/aromatic N) is 1. The molecule has 0 unspecified atom stereocenters. The lowest BCUT2D eigenvalue weighted by molar-refractivity contribution is 0.602. The number of aliphatic imine (C=N–C) groups is 1. The van der Waals surface area contributed by atoms with Gasteiger partial charge in [-0.3, -0.25) is 4.99 Å². The second-order valence-corrected chi connectivity index (χ2v) is 6.94. The van der Waals surface area contributed by atoms with E-state index in [0.29, 0.717) is 23.8 Å². The monoisotopic (exact) mass is 317 g/mol. The Morgan fingerprint density at radius 1 is 1.09 bits per heavy atom. The first-order valence-electron chi connectivity index (χ1n) is 6.86. The van der Waals surface area contributed by atoms with Crippen molar-refractivity contribution in [2.75, 3.05) is 18.1 Å². The predicted octanol–water partition coefficient (Wildman–Crippen LogP) is 2.06. The molecule has 2 aromatic carbocycles. The third-order valence-electron chi connectivity index (χ3n) is 3.08. The Hall–Kier alpha value is -2.34. The summed E-state index contributed by atoms with van der Waals surface area (Å²) >= 11 is 0. The summed E-state index contributed by atoms with van der Waals surface area (Å²) in [7, 11) is -3.15. The van der Waals surface area contributed by atoms with Gasteiger partial charge in [0.25, 0.3) is 0 Å². The molecule has 22 heavy (non-hydrogen) atoms. The summed E-state index contributed by atoms with van der Waals surface area (Å²) in [5.41, 5.74) is 7.72. The van der Waals surface area contributed by atoms with Gasteiger partial charge in [0.1, 0.15) is 0 Å². The maximum absolute atomic E-state index is 11.4. The van der Waals surface area contributed by atoms with Crippen LogP contribution in [-0.4, -0.2) is 27.2 Å². The number of rotatable bonds is 5. The molecule has 0 radical (unpaired) electrons. The number of benzene rings is 2. The lowest BCUT2D eigenvalue weighted by atomic mass is 10.1. The second-order valence-electron chi connectivity index (χ2n) is 4.92. The number of hydrogen-bond acceptors (Lipinski definition) is 3. The largest absolute Gasteiger partial charge is 0.370 e. The van der Waals surface area contributed by atoms with E-state index in [1.165, 1.54) is 6.26 Å². The SMILES string of the molecule is CS(=O)(=O)c1ccc(CCN=C(N)Nc2ccccc2)cc1. The molecule has 0 spiro atoms. The van der Waals surface area contributed by atoms with Gasteiger partial charge in [0.15, 0.2) is 15.8 Å². The lowest BCUT2D eigenvalue weighted by Crippen LogP contribution is -2.23. The summed E-state index contributed by atoms with van der Waals surface area (Å²) < 4.78 is 22.7. The first kappa shape index (κ1) is 16.0. The molecule has 2 rings (SSSR count). The number of anilines is 1. The highest BCUT2D eigenvalue weighted by atomic mass is 32.2. The highest BCUT2D eigenvalue weighted by molar-refractivity contribution is 7.90. The summed E-state index contributed by atoms with van der Waals surface area (Å²) in [6, 6.07) is 16.4. The van der Waals surface area contributed by atoms with E-state index in [4.69, 9.17) is 5.73 Å². The van der Waals surface area contributed by atoms with Gasteiger partial charge in [-0.15, -0.1) is 0 Å². The van der Waals surface area contributed by atoms with Gasteiger partial charge in [-0.2, -0.15) is 0 Å². The van der Waals surface area contributed by atoms with Crippen LogP contribution in [0, 0.1) is 0 Å². The van der Waals surface area contributed by atoms with Crippen molar-refractivity contribution in [1.29, 1.82) is 0 Å². The van der Waals surface area contributed by atoms with Gasteiger partial charge in [0.05, 0.1) is 4.90 Å². The van der Waals surface area contributed by atoms with Gasteiger partial charge in [-0.1, -0.05) is 30.3 Å². The zero-order valence-corrected chi connectivity index (χ0v) is 13.2. The van der Waals surface area contributed by atoms with E-state index in [2.05, 4.69) is 10.3 Å². The molecule has 2 aromatic rings. The molecular weight excluding hydrogens is 298 g/mol. The number of hydrogen-bond donors (Lipinski definition) is 2. The summed E-state index contributed by atoms with van der Waals surface area (Å²) in [5.74, 6) is 0.360. The van der Waals surface area contributed by atoms with E-state index in [9.17, 15) is 8.42 Å². The topological polar surface area (TPSA) is 84.5 Å². The summed E-state index contributed by atoms with van der Waals surface area (Å²) in [6.45, 7) is 0.532. The minimum Gasteiger partial charge on any atom is -0.370 e. The highest BCUT2D eigenvalue weighted by Gasteiger charge is 2.05. The normalized spacial score (nSPS) is 12.1. The van der Waals surface area contributed by atoms with Gasteiger partial charge in [-0.25, -0.2) is 8.42 Å². The van der Waals surface area contributed by atoms with E-state index >= 15 is 0 Å². The van der Waals surface area contributed by atoms with Crippen LogP contribution in [0.4, 0.5) is 5.69 Å². The van der Waals surface area contributed by atoms with Crippen LogP contribution in [0.1, 0.15) is 5.56 Å². The average Bonchev–Trinajstić information content (AvgIpc) is 2.48. The third kappa shape index (κ3) is 4.89. The molecule has 6 heteroatoms. The Balaban J connectivity index is 1.89. The number of guanidine groups is 1. The van der Waals surface area contributed by atoms with E-state index in [1.54, 1.807) is 24.3 Å². The number of sulfone groups is 1. The Morgan fingerprint density at radius 2 is 1.73 bits per heavy atom. The van der Waals surface area contributed by atoms with E-state index in [1.807, 2.05) is 30.3 Å². The van der Waals surface area contributed by atoms with Crippen molar-refractivity contribution in [3.05, 3.63) is 60.2 Å². The van der Waals surface area contributed by atoms with Crippen molar-refractivity contribution < 1.29 is 8.42 Å². The first-order chi connectivity index (χ1) is 10.4. The van der Waals surface area contributed by atoms with Crippen molar-refractivity contribution in [3.63, 3.8) is 0 Å². The average molecular weight is 317 g/mol. The molecule has 5 nitrogen and oxygen atoms in total. The molecule has 0 heterocycles. The molecule has 0 aliphatic heterocycles. The van der Waals surface area contributed by atoms with Gasteiger partial charge < -0.3 is 11.1 Å². The van der Waals surface area contributed by atoms with Crippen LogP contribution >= 0.6 is 0 Å². The molecule has 0 aromatic heterocycles. The predicted molar refractivity (Wildman–Crippen MR) is 89.8 cm³/mol. The standard InChI is InChI=1S/C16H19N3O2S/c1-22(20,21)15-9-7-13(8-10-15)11-12-18-16(17)19-14-5-3-2-4-6-14/h2-10H,11-12H2,1H3,(H3,17,18,19). The molecular formula is C16H19N3O2S. The zero-order valence-electron chi connectivity index (χ0n) is 12.4. The molecule has 0 bridgehead atoms. The fourth-order valence-electron chi connectivity index (χ4n) is 1.92. The molecule has 0 amide bonds.